The highest BCUT2D eigenvalue weighted by molar-refractivity contribution is 6.24. The van der Waals surface area contributed by atoms with Gasteiger partial charge in [-0.1, -0.05) is 68.4 Å². The molecule has 140 valence electrons. The molecule has 1 unspecified atom stereocenters. The molecule has 1 heterocycles. The van der Waals surface area contributed by atoms with E-state index in [1.807, 2.05) is 6.08 Å². The number of benzene rings is 4. The quantitative estimate of drug-likeness (QED) is 0.254. The van der Waals surface area contributed by atoms with Gasteiger partial charge in [-0.3, -0.25) is 0 Å². The Morgan fingerprint density at radius 1 is 0.929 bits per heavy atom. The van der Waals surface area contributed by atoms with Crippen molar-refractivity contribution in [3.63, 3.8) is 0 Å². The van der Waals surface area contributed by atoms with Gasteiger partial charge in [0.1, 0.15) is 0 Å². The molecular formula is C25H23NO2. The van der Waals surface area contributed by atoms with Crippen LogP contribution in [0.5, 0.6) is 0 Å². The van der Waals surface area contributed by atoms with Crippen LogP contribution in [0.25, 0.3) is 38.4 Å². The van der Waals surface area contributed by atoms with Crippen LogP contribution < -0.4 is 0 Å². The molecule has 1 atom stereocenters. The van der Waals surface area contributed by atoms with Gasteiger partial charge in [0, 0.05) is 19.6 Å². The maximum Gasteiger partial charge on any atom is 0.273 e. The Morgan fingerprint density at radius 2 is 1.57 bits per heavy atom. The second-order valence-corrected chi connectivity index (χ2v) is 8.41. The summed E-state index contributed by atoms with van der Waals surface area (Å²) in [5.41, 5.74) is 1.70. The molecule has 0 aromatic heterocycles. The highest BCUT2D eigenvalue weighted by Gasteiger charge is 2.45. The zero-order valence-corrected chi connectivity index (χ0v) is 16.4. The average molecular weight is 369 g/mol. The first kappa shape index (κ1) is 17.2. The van der Waals surface area contributed by atoms with Gasteiger partial charge in [-0.2, -0.15) is 4.74 Å². The number of ether oxygens (including phenoxy) is 1. The van der Waals surface area contributed by atoms with Crippen molar-refractivity contribution in [3.05, 3.63) is 71.4 Å². The Kier molecular flexibility index (Phi) is 3.72. The van der Waals surface area contributed by atoms with Gasteiger partial charge in [-0.15, -0.1) is 0 Å². The van der Waals surface area contributed by atoms with E-state index in [1.54, 1.807) is 7.11 Å². The number of rotatable bonds is 3. The van der Waals surface area contributed by atoms with E-state index in [1.165, 1.54) is 32.3 Å². The molecule has 4 aromatic carbocycles. The molecule has 0 radical (unpaired) electrons. The lowest BCUT2D eigenvalue weighted by atomic mass is 9.88. The van der Waals surface area contributed by atoms with Crippen molar-refractivity contribution < 1.29 is 9.48 Å². The lowest BCUT2D eigenvalue weighted by molar-refractivity contribution is -0.561. The fourth-order valence-corrected chi connectivity index (χ4v) is 4.74. The summed E-state index contributed by atoms with van der Waals surface area (Å²) < 4.78 is 6.45. The van der Waals surface area contributed by atoms with Crippen LogP contribution in [0.1, 0.15) is 25.8 Å². The van der Waals surface area contributed by atoms with Crippen LogP contribution in [-0.2, 0) is 4.74 Å². The van der Waals surface area contributed by atoms with Crippen LogP contribution in [0.2, 0.25) is 0 Å². The molecule has 0 fully saturated rings. The molecule has 5 rings (SSSR count). The predicted molar refractivity (Wildman–Crippen MR) is 117 cm³/mol. The first-order valence-electron chi connectivity index (χ1n) is 9.69. The zero-order valence-electron chi connectivity index (χ0n) is 16.4. The molecule has 28 heavy (non-hydrogen) atoms. The molecule has 0 aliphatic carbocycles. The smallest absolute Gasteiger partial charge is 0.273 e. The zero-order chi connectivity index (χ0) is 19.5. The summed E-state index contributed by atoms with van der Waals surface area (Å²) in [6, 6.07) is 19.5. The molecule has 0 bridgehead atoms. The van der Waals surface area contributed by atoms with Crippen molar-refractivity contribution in [3.8, 4) is 0 Å². The van der Waals surface area contributed by atoms with Gasteiger partial charge in [0.2, 0.25) is 0 Å². The summed E-state index contributed by atoms with van der Waals surface area (Å²) in [5, 5.41) is 20.2. The van der Waals surface area contributed by atoms with Crippen molar-refractivity contribution >= 4 is 44.1 Å². The topological polar surface area (TPSA) is 35.3 Å². The normalized spacial score (nSPS) is 19.8. The Labute approximate surface area is 164 Å². The largest absolute Gasteiger partial charge is 0.622 e. The minimum Gasteiger partial charge on any atom is -0.622 e. The van der Waals surface area contributed by atoms with E-state index in [0.29, 0.717) is 6.42 Å². The third-order valence-electron chi connectivity index (χ3n) is 6.04. The Morgan fingerprint density at radius 3 is 2.25 bits per heavy atom. The van der Waals surface area contributed by atoms with Crippen LogP contribution in [0.3, 0.4) is 0 Å². The van der Waals surface area contributed by atoms with Crippen molar-refractivity contribution in [2.24, 2.45) is 5.41 Å². The van der Waals surface area contributed by atoms with Gasteiger partial charge < -0.3 is 9.94 Å². The van der Waals surface area contributed by atoms with Gasteiger partial charge in [0.05, 0.1) is 5.41 Å². The fourth-order valence-electron chi connectivity index (χ4n) is 4.74. The van der Waals surface area contributed by atoms with E-state index in [2.05, 4.69) is 74.5 Å². The van der Waals surface area contributed by atoms with Crippen LogP contribution in [-0.4, -0.2) is 23.8 Å². The number of allylic oxidation sites excluding steroid dienone is 1. The van der Waals surface area contributed by atoms with E-state index >= 15 is 0 Å². The van der Waals surface area contributed by atoms with E-state index in [4.69, 9.17) is 4.74 Å². The van der Waals surface area contributed by atoms with Gasteiger partial charge in [0.25, 0.3) is 6.23 Å². The van der Waals surface area contributed by atoms with E-state index in [9.17, 15) is 5.21 Å². The Bertz CT molecular complexity index is 1250. The summed E-state index contributed by atoms with van der Waals surface area (Å²) in [4.78, 5) is 0. The van der Waals surface area contributed by atoms with E-state index in [-0.39, 0.29) is 5.41 Å². The van der Waals surface area contributed by atoms with E-state index in [0.717, 1.165) is 16.0 Å². The van der Waals surface area contributed by atoms with Crippen molar-refractivity contribution in [1.29, 1.82) is 0 Å². The third kappa shape index (κ3) is 2.43. The molecule has 0 N–H and O–H groups in total. The number of nitrogens with zero attached hydrogens (tertiary/aromatic N) is 1. The van der Waals surface area contributed by atoms with Crippen LogP contribution >= 0.6 is 0 Å². The molecule has 0 amide bonds. The van der Waals surface area contributed by atoms with Crippen LogP contribution in [0, 0.1) is 10.6 Å². The second-order valence-electron chi connectivity index (χ2n) is 8.41. The lowest BCUT2D eigenvalue weighted by Crippen LogP contribution is -2.32. The van der Waals surface area contributed by atoms with Gasteiger partial charge in [-0.25, -0.2) is 0 Å². The predicted octanol–water partition coefficient (Wildman–Crippen LogP) is 5.95. The summed E-state index contributed by atoms with van der Waals surface area (Å²) in [6.45, 7) is 4.15. The minimum atomic E-state index is -0.437. The fraction of sp³-hybridized carbons (Fsp3) is 0.240. The molecule has 4 aromatic rings. The van der Waals surface area contributed by atoms with Gasteiger partial charge >= 0.3 is 0 Å². The molecule has 0 saturated carbocycles. The first-order chi connectivity index (χ1) is 13.5. The van der Waals surface area contributed by atoms with Crippen LogP contribution in [0.15, 0.2) is 60.7 Å². The molecular weight excluding hydrogens is 346 g/mol. The number of hydrogen-bond acceptors (Lipinski definition) is 2. The molecule has 0 saturated heterocycles. The van der Waals surface area contributed by atoms with Crippen molar-refractivity contribution in [1.82, 2.24) is 0 Å². The first-order valence-corrected chi connectivity index (χ1v) is 9.69. The number of hydrogen-bond donors (Lipinski definition) is 0. The highest BCUT2D eigenvalue weighted by Crippen LogP contribution is 2.37. The van der Waals surface area contributed by atoms with Crippen LogP contribution in [0.4, 0.5) is 0 Å². The maximum atomic E-state index is 12.6. The maximum absolute atomic E-state index is 12.6. The molecule has 1 aliphatic heterocycles. The SMILES string of the molecule is COC1[N+]([O-])=C(/C=C/c2ccc3ccc4cccc5ccc2c3c45)CC1(C)C. The van der Waals surface area contributed by atoms with Gasteiger partial charge in [0.15, 0.2) is 5.71 Å². The van der Waals surface area contributed by atoms with E-state index < -0.39 is 6.23 Å². The summed E-state index contributed by atoms with van der Waals surface area (Å²) in [5.74, 6) is 0. The molecule has 3 nitrogen and oxygen atoms in total. The molecule has 0 spiro atoms. The van der Waals surface area contributed by atoms with Gasteiger partial charge in [-0.05, 0) is 44.0 Å². The molecule has 3 heteroatoms. The highest BCUT2D eigenvalue weighted by atomic mass is 16.6. The Hall–Kier alpha value is -2.91. The number of methoxy groups -OCH3 is 1. The monoisotopic (exact) mass is 369 g/mol. The average Bonchev–Trinajstić information content (AvgIpc) is 2.92. The minimum absolute atomic E-state index is 0.196. The summed E-state index contributed by atoms with van der Waals surface area (Å²) in [7, 11) is 1.60. The standard InChI is InChI=1S/C25H23NO2/c1-25(2)15-20(26(27)24(25)28-3)13-11-16-7-8-19-10-9-17-5-4-6-18-12-14-21(16)23(19)22(17)18/h4-14,24H,15H2,1-3H3/b13-11+. The number of hydroxylamine groups is 1. The van der Waals surface area contributed by atoms with Crippen molar-refractivity contribution in [2.75, 3.05) is 7.11 Å². The summed E-state index contributed by atoms with van der Waals surface area (Å²) >= 11 is 0. The third-order valence-corrected chi connectivity index (χ3v) is 6.04. The molecule has 1 aliphatic rings. The van der Waals surface area contributed by atoms with Crippen molar-refractivity contribution in [2.45, 2.75) is 26.5 Å². The Balaban J connectivity index is 1.66. The second kappa shape index (κ2) is 6.05. The summed E-state index contributed by atoms with van der Waals surface area (Å²) in [6.07, 6.45) is 4.30. The lowest BCUT2D eigenvalue weighted by Gasteiger charge is -2.22.